The van der Waals surface area contributed by atoms with Gasteiger partial charge in [-0.2, -0.15) is 0 Å². The molecule has 22 heavy (non-hydrogen) atoms. The van der Waals surface area contributed by atoms with Gasteiger partial charge in [0.15, 0.2) is 0 Å². The molecule has 4 nitrogen and oxygen atoms in total. The molecule has 120 valence electrons. The molecule has 4 heteroatoms. The lowest BCUT2D eigenvalue weighted by Gasteiger charge is -2.33. The molecule has 0 aromatic heterocycles. The molecular formula is C18H26N2O2. The van der Waals surface area contributed by atoms with Gasteiger partial charge in [0.25, 0.3) is 0 Å². The Morgan fingerprint density at radius 1 is 1.23 bits per heavy atom. The van der Waals surface area contributed by atoms with Crippen LogP contribution in [-0.2, 0) is 22.4 Å². The Morgan fingerprint density at radius 3 is 2.64 bits per heavy atom. The van der Waals surface area contributed by atoms with Gasteiger partial charge in [-0.05, 0) is 62.1 Å². The molecule has 1 aromatic carbocycles. The van der Waals surface area contributed by atoms with Crippen molar-refractivity contribution in [2.24, 2.45) is 5.73 Å². The van der Waals surface area contributed by atoms with Gasteiger partial charge in [-0.15, -0.1) is 0 Å². The van der Waals surface area contributed by atoms with E-state index in [1.807, 2.05) is 6.92 Å². The Bertz CT molecular complexity index is 550. The topological polar surface area (TPSA) is 64.4 Å². The van der Waals surface area contributed by atoms with Crippen LogP contribution >= 0.6 is 0 Å². The Morgan fingerprint density at radius 2 is 1.91 bits per heavy atom. The van der Waals surface area contributed by atoms with Crippen LogP contribution in [0.3, 0.4) is 0 Å². The van der Waals surface area contributed by atoms with Crippen molar-refractivity contribution in [1.29, 1.82) is 0 Å². The summed E-state index contributed by atoms with van der Waals surface area (Å²) in [7, 11) is 0. The lowest BCUT2D eigenvalue weighted by molar-refractivity contribution is -0.130. The van der Waals surface area contributed by atoms with E-state index in [-0.39, 0.29) is 11.9 Å². The summed E-state index contributed by atoms with van der Waals surface area (Å²) in [6, 6.07) is 6.61. The number of aryl methyl sites for hydroxylation is 2. The SMILES string of the molecule is CC(NC(=O)C1(N)CCOCC1)c1ccc2c(c1)CCCC2. The van der Waals surface area contributed by atoms with Crippen molar-refractivity contribution in [3.8, 4) is 0 Å². The molecule has 1 unspecified atom stereocenters. The van der Waals surface area contributed by atoms with E-state index in [0.29, 0.717) is 26.1 Å². The van der Waals surface area contributed by atoms with E-state index in [1.54, 1.807) is 0 Å². The van der Waals surface area contributed by atoms with Crippen molar-refractivity contribution in [1.82, 2.24) is 5.32 Å². The van der Waals surface area contributed by atoms with Crippen molar-refractivity contribution in [3.05, 3.63) is 34.9 Å². The molecule has 0 spiro atoms. The molecule has 0 saturated carbocycles. The first-order chi connectivity index (χ1) is 10.6. The molecule has 0 bridgehead atoms. The predicted molar refractivity (Wildman–Crippen MR) is 86.6 cm³/mol. The molecule has 1 fully saturated rings. The fourth-order valence-corrected chi connectivity index (χ4v) is 3.41. The third kappa shape index (κ3) is 3.18. The van der Waals surface area contributed by atoms with Crippen LogP contribution < -0.4 is 11.1 Å². The zero-order chi connectivity index (χ0) is 15.6. The molecule has 0 radical (unpaired) electrons. The van der Waals surface area contributed by atoms with Gasteiger partial charge in [-0.1, -0.05) is 18.2 Å². The minimum atomic E-state index is -0.777. The fourth-order valence-electron chi connectivity index (χ4n) is 3.41. The summed E-state index contributed by atoms with van der Waals surface area (Å²) in [6.07, 6.45) is 6.08. The summed E-state index contributed by atoms with van der Waals surface area (Å²) in [4.78, 5) is 12.5. The standard InChI is InChI=1S/C18H26N2O2/c1-13(20-17(21)18(19)8-10-22-11-9-18)15-7-6-14-4-2-3-5-16(14)12-15/h6-7,12-13H,2-5,8-11,19H2,1H3,(H,20,21). The number of carbonyl (C=O) groups excluding carboxylic acids is 1. The zero-order valence-corrected chi connectivity index (χ0v) is 13.4. The van der Waals surface area contributed by atoms with Crippen LogP contribution in [0, 0.1) is 0 Å². The van der Waals surface area contributed by atoms with E-state index in [1.165, 1.54) is 36.0 Å². The summed E-state index contributed by atoms with van der Waals surface area (Å²) in [6.45, 7) is 3.17. The first kappa shape index (κ1) is 15.5. The van der Waals surface area contributed by atoms with E-state index >= 15 is 0 Å². The first-order valence-electron chi connectivity index (χ1n) is 8.38. The van der Waals surface area contributed by atoms with Crippen LogP contribution in [0.1, 0.15) is 55.3 Å². The largest absolute Gasteiger partial charge is 0.381 e. The molecule has 3 N–H and O–H groups in total. The zero-order valence-electron chi connectivity index (χ0n) is 13.4. The molecular weight excluding hydrogens is 276 g/mol. The van der Waals surface area contributed by atoms with Gasteiger partial charge in [0.2, 0.25) is 5.91 Å². The van der Waals surface area contributed by atoms with E-state index in [4.69, 9.17) is 10.5 Å². The monoisotopic (exact) mass is 302 g/mol. The summed E-state index contributed by atoms with van der Waals surface area (Å²) in [5, 5.41) is 3.09. The van der Waals surface area contributed by atoms with E-state index in [9.17, 15) is 4.79 Å². The minimum absolute atomic E-state index is 0.0111. The second-order valence-corrected chi connectivity index (χ2v) is 6.70. The normalized spacial score (nSPS) is 21.7. The highest BCUT2D eigenvalue weighted by molar-refractivity contribution is 5.86. The van der Waals surface area contributed by atoms with Gasteiger partial charge in [-0.3, -0.25) is 4.79 Å². The maximum atomic E-state index is 12.5. The number of amides is 1. The third-order valence-corrected chi connectivity index (χ3v) is 5.06. The summed E-state index contributed by atoms with van der Waals surface area (Å²) >= 11 is 0. The van der Waals surface area contributed by atoms with Crippen LogP contribution in [-0.4, -0.2) is 24.7 Å². The lowest BCUT2D eigenvalue weighted by atomic mass is 9.88. The van der Waals surface area contributed by atoms with Gasteiger partial charge < -0.3 is 15.8 Å². The van der Waals surface area contributed by atoms with Crippen molar-refractivity contribution in [2.45, 2.75) is 57.0 Å². The Hall–Kier alpha value is -1.39. The van der Waals surface area contributed by atoms with Crippen LogP contribution in [0.25, 0.3) is 0 Å². The molecule has 1 heterocycles. The fraction of sp³-hybridized carbons (Fsp3) is 0.611. The minimum Gasteiger partial charge on any atom is -0.381 e. The van der Waals surface area contributed by atoms with Crippen molar-refractivity contribution in [3.63, 3.8) is 0 Å². The number of hydrogen-bond donors (Lipinski definition) is 2. The maximum Gasteiger partial charge on any atom is 0.240 e. The predicted octanol–water partition coefficient (Wildman–Crippen LogP) is 2.25. The summed E-state index contributed by atoms with van der Waals surface area (Å²) in [5.74, 6) is -0.0546. The van der Waals surface area contributed by atoms with Gasteiger partial charge in [0.1, 0.15) is 0 Å². The number of fused-ring (bicyclic) bond motifs is 1. The van der Waals surface area contributed by atoms with Gasteiger partial charge >= 0.3 is 0 Å². The molecule has 1 aliphatic heterocycles. The number of hydrogen-bond acceptors (Lipinski definition) is 3. The van der Waals surface area contributed by atoms with E-state index in [2.05, 4.69) is 23.5 Å². The number of nitrogens with one attached hydrogen (secondary N) is 1. The molecule has 1 saturated heterocycles. The van der Waals surface area contributed by atoms with Crippen LogP contribution in [0.5, 0.6) is 0 Å². The summed E-state index contributed by atoms with van der Waals surface area (Å²) < 4.78 is 5.31. The first-order valence-corrected chi connectivity index (χ1v) is 8.38. The molecule has 1 amide bonds. The molecule has 2 aliphatic rings. The third-order valence-electron chi connectivity index (χ3n) is 5.06. The van der Waals surface area contributed by atoms with Crippen LogP contribution in [0.15, 0.2) is 18.2 Å². The Balaban J connectivity index is 1.68. The van der Waals surface area contributed by atoms with Crippen LogP contribution in [0.4, 0.5) is 0 Å². The quantitative estimate of drug-likeness (QED) is 0.900. The van der Waals surface area contributed by atoms with Gasteiger partial charge in [0.05, 0.1) is 11.6 Å². The number of carbonyl (C=O) groups is 1. The Kier molecular flexibility index (Phi) is 4.50. The Labute approximate surface area is 132 Å². The maximum absolute atomic E-state index is 12.5. The second kappa shape index (κ2) is 6.39. The molecule has 1 aromatic rings. The smallest absolute Gasteiger partial charge is 0.240 e. The molecule has 3 rings (SSSR count). The van der Waals surface area contributed by atoms with Crippen molar-refractivity contribution < 1.29 is 9.53 Å². The lowest BCUT2D eigenvalue weighted by Crippen LogP contribution is -2.57. The number of nitrogens with two attached hydrogens (primary N) is 1. The number of rotatable bonds is 3. The average molecular weight is 302 g/mol. The number of benzene rings is 1. The highest BCUT2D eigenvalue weighted by Crippen LogP contribution is 2.25. The number of ether oxygens (including phenoxy) is 1. The molecule has 1 aliphatic carbocycles. The highest BCUT2D eigenvalue weighted by Gasteiger charge is 2.36. The van der Waals surface area contributed by atoms with Crippen molar-refractivity contribution >= 4 is 5.91 Å². The average Bonchev–Trinajstić information content (AvgIpc) is 2.55. The van der Waals surface area contributed by atoms with Gasteiger partial charge in [0, 0.05) is 13.2 Å². The summed E-state index contributed by atoms with van der Waals surface area (Å²) in [5.41, 5.74) is 9.55. The van der Waals surface area contributed by atoms with Crippen molar-refractivity contribution in [2.75, 3.05) is 13.2 Å². The second-order valence-electron chi connectivity index (χ2n) is 6.70. The highest BCUT2D eigenvalue weighted by atomic mass is 16.5. The van der Waals surface area contributed by atoms with Crippen LogP contribution in [0.2, 0.25) is 0 Å². The van der Waals surface area contributed by atoms with E-state index in [0.717, 1.165) is 6.42 Å². The van der Waals surface area contributed by atoms with Gasteiger partial charge in [-0.25, -0.2) is 0 Å². The molecule has 1 atom stereocenters. The van der Waals surface area contributed by atoms with E-state index < -0.39 is 5.54 Å².